The lowest BCUT2D eigenvalue weighted by molar-refractivity contribution is 0.122. The van der Waals surface area contributed by atoms with Crippen molar-refractivity contribution in [2.45, 2.75) is 76.4 Å². The molecule has 0 bridgehead atoms. The van der Waals surface area contributed by atoms with Gasteiger partial charge in [-0.2, -0.15) is 0 Å². The Hall–Kier alpha value is -0.860. The first-order valence-corrected chi connectivity index (χ1v) is 9.43. The Morgan fingerprint density at radius 1 is 0.818 bits per heavy atom. The van der Waals surface area contributed by atoms with E-state index < -0.39 is 0 Å². The van der Waals surface area contributed by atoms with E-state index >= 15 is 0 Å². The van der Waals surface area contributed by atoms with Crippen molar-refractivity contribution in [3.63, 3.8) is 0 Å². The highest BCUT2D eigenvalue weighted by molar-refractivity contribution is 5.14. The fourth-order valence-electron chi connectivity index (χ4n) is 4.13. The van der Waals surface area contributed by atoms with Gasteiger partial charge in [0.05, 0.1) is 0 Å². The average Bonchev–Trinajstić information content (AvgIpc) is 2.54. The minimum atomic E-state index is 0.713. The minimum absolute atomic E-state index is 0.713. The number of piperidine rings is 1. The van der Waals surface area contributed by atoms with Crippen molar-refractivity contribution in [1.82, 2.24) is 10.2 Å². The Bertz CT molecular complexity index is 401. The molecule has 22 heavy (non-hydrogen) atoms. The van der Waals surface area contributed by atoms with Gasteiger partial charge in [0.2, 0.25) is 0 Å². The molecule has 2 nitrogen and oxygen atoms in total. The van der Waals surface area contributed by atoms with Gasteiger partial charge in [0.15, 0.2) is 0 Å². The second kappa shape index (κ2) is 8.69. The van der Waals surface area contributed by atoms with Crippen molar-refractivity contribution in [2.75, 3.05) is 13.1 Å². The molecule has 0 atom stereocenters. The zero-order valence-corrected chi connectivity index (χ0v) is 14.0. The molecule has 0 amide bonds. The van der Waals surface area contributed by atoms with Crippen LogP contribution in [0, 0.1) is 0 Å². The van der Waals surface area contributed by atoms with Gasteiger partial charge in [-0.3, -0.25) is 0 Å². The largest absolute Gasteiger partial charge is 0.310 e. The zero-order chi connectivity index (χ0) is 15.0. The molecule has 0 unspecified atom stereocenters. The average molecular weight is 300 g/mol. The molecule has 2 aliphatic rings. The Balaban J connectivity index is 1.40. The third-order valence-electron chi connectivity index (χ3n) is 5.56. The van der Waals surface area contributed by atoms with Crippen molar-refractivity contribution in [2.24, 2.45) is 0 Å². The molecule has 1 aliphatic carbocycles. The van der Waals surface area contributed by atoms with Crippen molar-refractivity contribution in [1.29, 1.82) is 0 Å². The zero-order valence-electron chi connectivity index (χ0n) is 14.0. The van der Waals surface area contributed by atoms with Gasteiger partial charge < -0.3 is 10.2 Å². The van der Waals surface area contributed by atoms with Crippen molar-refractivity contribution in [3.05, 3.63) is 35.9 Å². The highest BCUT2D eigenvalue weighted by atomic mass is 15.2. The normalized spacial score (nSPS) is 23.1. The van der Waals surface area contributed by atoms with Crippen LogP contribution >= 0.6 is 0 Å². The summed E-state index contributed by atoms with van der Waals surface area (Å²) in [6.45, 7) is 3.63. The van der Waals surface area contributed by atoms with E-state index in [1.54, 1.807) is 0 Å². The SMILES string of the molecule is c1ccc(CNC2CCN(C3CCCCCCC3)CC2)cc1. The van der Waals surface area contributed by atoms with Crippen LogP contribution in [0.15, 0.2) is 30.3 Å². The molecule has 122 valence electrons. The van der Waals surface area contributed by atoms with Crippen LogP contribution in [0.1, 0.15) is 63.4 Å². The van der Waals surface area contributed by atoms with E-state index in [9.17, 15) is 0 Å². The van der Waals surface area contributed by atoms with Crippen molar-refractivity contribution >= 4 is 0 Å². The molecule has 0 aromatic heterocycles. The van der Waals surface area contributed by atoms with Gasteiger partial charge in [0.25, 0.3) is 0 Å². The van der Waals surface area contributed by atoms with Gasteiger partial charge in [0.1, 0.15) is 0 Å². The van der Waals surface area contributed by atoms with E-state index in [1.807, 2.05) is 0 Å². The first-order valence-electron chi connectivity index (χ1n) is 9.43. The van der Waals surface area contributed by atoms with E-state index in [2.05, 4.69) is 40.5 Å². The molecule has 1 aromatic carbocycles. The van der Waals surface area contributed by atoms with Gasteiger partial charge in [-0.25, -0.2) is 0 Å². The first kappa shape index (κ1) is 16.0. The number of rotatable bonds is 4. The molecule has 0 spiro atoms. The van der Waals surface area contributed by atoms with E-state index in [0.717, 1.165) is 12.6 Å². The van der Waals surface area contributed by atoms with Gasteiger partial charge in [-0.1, -0.05) is 62.4 Å². The van der Waals surface area contributed by atoms with E-state index in [-0.39, 0.29) is 0 Å². The third kappa shape index (κ3) is 4.82. The molecule has 1 saturated carbocycles. The van der Waals surface area contributed by atoms with Gasteiger partial charge in [-0.15, -0.1) is 0 Å². The summed E-state index contributed by atoms with van der Waals surface area (Å²) in [6, 6.07) is 12.4. The number of likely N-dealkylation sites (tertiary alicyclic amines) is 1. The number of benzene rings is 1. The highest BCUT2D eigenvalue weighted by Gasteiger charge is 2.24. The number of nitrogens with zero attached hydrogens (tertiary/aromatic N) is 1. The van der Waals surface area contributed by atoms with Crippen LogP contribution in [-0.2, 0) is 6.54 Å². The topological polar surface area (TPSA) is 15.3 Å². The van der Waals surface area contributed by atoms with Crippen LogP contribution in [0.25, 0.3) is 0 Å². The maximum Gasteiger partial charge on any atom is 0.0208 e. The standard InChI is InChI=1S/C20H32N2/c1-2-7-11-20(12-8-3-1)22-15-13-19(14-16-22)21-17-18-9-5-4-6-10-18/h4-6,9-10,19-21H,1-3,7-8,11-17H2. The number of hydrogen-bond acceptors (Lipinski definition) is 2. The predicted molar refractivity (Wildman–Crippen MR) is 94.0 cm³/mol. The van der Waals surface area contributed by atoms with Gasteiger partial charge in [0, 0.05) is 18.6 Å². The summed E-state index contributed by atoms with van der Waals surface area (Å²) < 4.78 is 0. The Morgan fingerprint density at radius 2 is 1.45 bits per heavy atom. The summed E-state index contributed by atoms with van der Waals surface area (Å²) in [5.74, 6) is 0. The van der Waals surface area contributed by atoms with Crippen LogP contribution < -0.4 is 5.32 Å². The smallest absolute Gasteiger partial charge is 0.0208 e. The van der Waals surface area contributed by atoms with E-state index in [1.165, 1.54) is 76.4 Å². The molecule has 1 saturated heterocycles. The summed E-state index contributed by atoms with van der Waals surface area (Å²) in [5, 5.41) is 3.76. The molecule has 1 aromatic rings. The maximum atomic E-state index is 3.76. The number of nitrogens with one attached hydrogen (secondary N) is 1. The van der Waals surface area contributed by atoms with Crippen LogP contribution in [0.2, 0.25) is 0 Å². The molecular formula is C20H32N2. The van der Waals surface area contributed by atoms with Crippen LogP contribution in [0.4, 0.5) is 0 Å². The Kier molecular flexibility index (Phi) is 6.32. The fourth-order valence-corrected chi connectivity index (χ4v) is 4.13. The molecule has 1 N–H and O–H groups in total. The van der Waals surface area contributed by atoms with Gasteiger partial charge >= 0.3 is 0 Å². The molecule has 3 rings (SSSR count). The number of hydrogen-bond donors (Lipinski definition) is 1. The first-order chi connectivity index (χ1) is 10.9. The second-order valence-corrected chi connectivity index (χ2v) is 7.18. The van der Waals surface area contributed by atoms with Crippen molar-refractivity contribution in [3.8, 4) is 0 Å². The molecule has 1 heterocycles. The maximum absolute atomic E-state index is 3.76. The Labute approximate surface area is 136 Å². The summed E-state index contributed by atoms with van der Waals surface area (Å²) in [4.78, 5) is 2.80. The quantitative estimate of drug-likeness (QED) is 0.889. The summed E-state index contributed by atoms with van der Waals surface area (Å²) >= 11 is 0. The van der Waals surface area contributed by atoms with E-state index in [4.69, 9.17) is 0 Å². The lowest BCUT2D eigenvalue weighted by Gasteiger charge is -2.38. The predicted octanol–water partition coefficient (Wildman–Crippen LogP) is 4.35. The summed E-state index contributed by atoms with van der Waals surface area (Å²) in [7, 11) is 0. The third-order valence-corrected chi connectivity index (χ3v) is 5.56. The molecule has 1 aliphatic heterocycles. The van der Waals surface area contributed by atoms with Crippen molar-refractivity contribution < 1.29 is 0 Å². The molecule has 0 radical (unpaired) electrons. The molecule has 2 fully saturated rings. The van der Waals surface area contributed by atoms with E-state index in [0.29, 0.717) is 6.04 Å². The van der Waals surface area contributed by atoms with Crippen LogP contribution in [0.3, 0.4) is 0 Å². The highest BCUT2D eigenvalue weighted by Crippen LogP contribution is 2.24. The summed E-state index contributed by atoms with van der Waals surface area (Å²) in [6.07, 6.45) is 12.8. The van der Waals surface area contributed by atoms with Gasteiger partial charge in [-0.05, 0) is 44.3 Å². The van der Waals surface area contributed by atoms with Crippen LogP contribution in [-0.4, -0.2) is 30.1 Å². The Morgan fingerprint density at radius 3 is 2.14 bits per heavy atom. The lowest BCUT2D eigenvalue weighted by Crippen LogP contribution is -2.46. The summed E-state index contributed by atoms with van der Waals surface area (Å²) in [5.41, 5.74) is 1.41. The monoisotopic (exact) mass is 300 g/mol. The van der Waals surface area contributed by atoms with Crippen LogP contribution in [0.5, 0.6) is 0 Å². The molecular weight excluding hydrogens is 268 g/mol. The molecule has 2 heteroatoms. The lowest BCUT2D eigenvalue weighted by atomic mass is 9.93. The minimum Gasteiger partial charge on any atom is -0.310 e. The fraction of sp³-hybridized carbons (Fsp3) is 0.700. The second-order valence-electron chi connectivity index (χ2n) is 7.18.